The Morgan fingerprint density at radius 1 is 1.24 bits per heavy atom. The average Bonchev–Trinajstić information content (AvgIpc) is 3.07. The summed E-state index contributed by atoms with van der Waals surface area (Å²) in [6.07, 6.45) is 4.02. The monoisotopic (exact) mass is 395 g/mol. The van der Waals surface area contributed by atoms with Crippen molar-refractivity contribution in [3.8, 4) is 0 Å². The van der Waals surface area contributed by atoms with Gasteiger partial charge in [0, 0.05) is 12.6 Å². The van der Waals surface area contributed by atoms with Crippen LogP contribution in [-0.2, 0) is 19.5 Å². The lowest BCUT2D eigenvalue weighted by Gasteiger charge is -2.35. The van der Waals surface area contributed by atoms with Gasteiger partial charge in [0.2, 0.25) is 0 Å². The molecule has 2 aromatic carbocycles. The number of halogens is 1. The van der Waals surface area contributed by atoms with E-state index in [4.69, 9.17) is 4.98 Å². The average molecular weight is 395 g/mol. The highest BCUT2D eigenvalue weighted by Gasteiger charge is 2.25. The Labute approximate surface area is 169 Å². The van der Waals surface area contributed by atoms with Crippen molar-refractivity contribution in [2.24, 2.45) is 0 Å². The lowest BCUT2D eigenvalue weighted by molar-refractivity contribution is 0.0697. The number of hydrogen-bond donors (Lipinski definition) is 1. The Balaban J connectivity index is 1.61. The number of nitrogens with zero attached hydrogens (tertiary/aromatic N) is 3. The molecule has 3 aromatic rings. The molecule has 6 heteroatoms. The standard InChI is InChI=1S/C23H26FN3O2/c1-2-27-21-11-10-17(23(28)29)14-20(21)25-22(27)15-26-12-6-5-8-18(26)13-16-7-3-4-9-19(16)24/h3-4,7,9-11,14,18H,2,5-6,8,12-13,15H2,1H3,(H,28,29). The molecule has 152 valence electrons. The topological polar surface area (TPSA) is 58.4 Å². The van der Waals surface area contributed by atoms with Gasteiger partial charge in [-0.1, -0.05) is 24.6 Å². The van der Waals surface area contributed by atoms with Crippen LogP contribution in [0.5, 0.6) is 0 Å². The molecule has 0 saturated carbocycles. The van der Waals surface area contributed by atoms with E-state index in [-0.39, 0.29) is 17.4 Å². The van der Waals surface area contributed by atoms with Gasteiger partial charge >= 0.3 is 5.97 Å². The highest BCUT2D eigenvalue weighted by molar-refractivity contribution is 5.92. The number of fused-ring (bicyclic) bond motifs is 1. The zero-order chi connectivity index (χ0) is 20.4. The van der Waals surface area contributed by atoms with Gasteiger partial charge < -0.3 is 9.67 Å². The summed E-state index contributed by atoms with van der Waals surface area (Å²) in [6, 6.07) is 12.4. The second kappa shape index (κ2) is 8.33. The fourth-order valence-electron chi connectivity index (χ4n) is 4.39. The van der Waals surface area contributed by atoms with Crippen LogP contribution in [-0.4, -0.2) is 38.1 Å². The summed E-state index contributed by atoms with van der Waals surface area (Å²) in [7, 11) is 0. The minimum atomic E-state index is -0.944. The minimum absolute atomic E-state index is 0.139. The second-order valence-electron chi connectivity index (χ2n) is 7.70. The van der Waals surface area contributed by atoms with Crippen LogP contribution in [0.1, 0.15) is 47.9 Å². The van der Waals surface area contributed by atoms with Gasteiger partial charge in [-0.3, -0.25) is 4.90 Å². The quantitative estimate of drug-likeness (QED) is 0.668. The molecule has 1 unspecified atom stereocenters. The molecule has 0 bridgehead atoms. The van der Waals surface area contributed by atoms with Gasteiger partial charge in [0.05, 0.1) is 23.1 Å². The zero-order valence-electron chi connectivity index (χ0n) is 16.6. The number of benzene rings is 2. The van der Waals surface area contributed by atoms with Crippen molar-refractivity contribution < 1.29 is 14.3 Å². The highest BCUT2D eigenvalue weighted by Crippen LogP contribution is 2.25. The molecule has 0 radical (unpaired) electrons. The molecule has 1 aliphatic rings. The third kappa shape index (κ3) is 4.03. The molecule has 29 heavy (non-hydrogen) atoms. The molecule has 5 nitrogen and oxygen atoms in total. The summed E-state index contributed by atoms with van der Waals surface area (Å²) in [6.45, 7) is 4.49. The first-order valence-electron chi connectivity index (χ1n) is 10.3. The van der Waals surface area contributed by atoms with E-state index in [2.05, 4.69) is 16.4 Å². The molecule has 1 N–H and O–H groups in total. The molecule has 1 aliphatic heterocycles. The normalized spacial score (nSPS) is 17.7. The van der Waals surface area contributed by atoms with Crippen LogP contribution in [0.15, 0.2) is 42.5 Å². The molecule has 0 amide bonds. The van der Waals surface area contributed by atoms with Gasteiger partial charge in [0.1, 0.15) is 11.6 Å². The van der Waals surface area contributed by atoms with E-state index in [1.54, 1.807) is 18.2 Å². The van der Waals surface area contributed by atoms with Crippen LogP contribution in [0, 0.1) is 5.82 Å². The first-order valence-corrected chi connectivity index (χ1v) is 10.3. The Morgan fingerprint density at radius 3 is 2.83 bits per heavy atom. The van der Waals surface area contributed by atoms with Crippen molar-refractivity contribution in [2.75, 3.05) is 6.54 Å². The van der Waals surface area contributed by atoms with Crippen molar-refractivity contribution in [3.63, 3.8) is 0 Å². The number of aryl methyl sites for hydroxylation is 1. The van der Waals surface area contributed by atoms with Gasteiger partial charge in [-0.15, -0.1) is 0 Å². The van der Waals surface area contributed by atoms with Crippen molar-refractivity contribution in [3.05, 3.63) is 65.2 Å². The summed E-state index contributed by atoms with van der Waals surface area (Å²) in [5.41, 5.74) is 2.68. The van der Waals surface area contributed by atoms with E-state index < -0.39 is 5.97 Å². The SMILES string of the molecule is CCn1c(CN2CCCCC2Cc2ccccc2F)nc2cc(C(=O)O)ccc21. The first-order chi connectivity index (χ1) is 14.1. The summed E-state index contributed by atoms with van der Waals surface area (Å²) in [5.74, 6) is -0.147. The Hall–Kier alpha value is -2.73. The Morgan fingerprint density at radius 2 is 2.07 bits per heavy atom. The van der Waals surface area contributed by atoms with Gasteiger partial charge in [0.25, 0.3) is 0 Å². The van der Waals surface area contributed by atoms with Crippen molar-refractivity contribution in [1.82, 2.24) is 14.5 Å². The molecule has 0 spiro atoms. The first kappa shape index (κ1) is 19.6. The van der Waals surface area contributed by atoms with E-state index in [1.165, 1.54) is 6.07 Å². The van der Waals surface area contributed by atoms with Crippen LogP contribution < -0.4 is 0 Å². The number of piperidine rings is 1. The third-order valence-electron chi connectivity index (χ3n) is 5.90. The molecule has 1 saturated heterocycles. The molecule has 1 atom stereocenters. The number of carbonyl (C=O) groups is 1. The van der Waals surface area contributed by atoms with E-state index in [0.29, 0.717) is 18.5 Å². The summed E-state index contributed by atoms with van der Waals surface area (Å²) < 4.78 is 16.3. The fourth-order valence-corrected chi connectivity index (χ4v) is 4.39. The molecule has 1 aromatic heterocycles. The van der Waals surface area contributed by atoms with E-state index in [0.717, 1.165) is 49.3 Å². The number of carboxylic acid groups (broad SMARTS) is 1. The lowest BCUT2D eigenvalue weighted by Crippen LogP contribution is -2.41. The number of aromatic carboxylic acids is 1. The maximum atomic E-state index is 14.2. The fraction of sp³-hybridized carbons (Fsp3) is 0.391. The molecule has 1 fully saturated rings. The van der Waals surface area contributed by atoms with Gasteiger partial charge in [-0.2, -0.15) is 0 Å². The highest BCUT2D eigenvalue weighted by atomic mass is 19.1. The number of rotatable bonds is 6. The molecular weight excluding hydrogens is 369 g/mol. The number of hydrogen-bond acceptors (Lipinski definition) is 3. The van der Waals surface area contributed by atoms with Crippen LogP contribution in [0.2, 0.25) is 0 Å². The second-order valence-corrected chi connectivity index (χ2v) is 7.70. The van der Waals surface area contributed by atoms with Gasteiger partial charge in [-0.05, 0) is 62.6 Å². The smallest absolute Gasteiger partial charge is 0.335 e. The van der Waals surface area contributed by atoms with Gasteiger partial charge in [-0.25, -0.2) is 14.2 Å². The van der Waals surface area contributed by atoms with Crippen molar-refractivity contribution >= 4 is 17.0 Å². The van der Waals surface area contributed by atoms with E-state index in [1.807, 2.05) is 18.2 Å². The van der Waals surface area contributed by atoms with Crippen LogP contribution in [0.4, 0.5) is 4.39 Å². The number of carboxylic acids is 1. The predicted molar refractivity (Wildman–Crippen MR) is 111 cm³/mol. The van der Waals surface area contributed by atoms with Crippen LogP contribution in [0.25, 0.3) is 11.0 Å². The number of imidazole rings is 1. The number of aromatic nitrogens is 2. The van der Waals surface area contributed by atoms with E-state index >= 15 is 0 Å². The molecule has 2 heterocycles. The third-order valence-corrected chi connectivity index (χ3v) is 5.90. The summed E-state index contributed by atoms with van der Waals surface area (Å²) in [4.78, 5) is 18.5. The zero-order valence-corrected chi connectivity index (χ0v) is 16.6. The number of likely N-dealkylation sites (tertiary alicyclic amines) is 1. The maximum Gasteiger partial charge on any atom is 0.335 e. The Kier molecular flexibility index (Phi) is 5.62. The predicted octanol–water partition coefficient (Wildman–Crippen LogP) is 4.49. The summed E-state index contributed by atoms with van der Waals surface area (Å²) >= 11 is 0. The van der Waals surface area contributed by atoms with Crippen molar-refractivity contribution in [2.45, 2.75) is 51.7 Å². The maximum absolute atomic E-state index is 14.2. The van der Waals surface area contributed by atoms with Crippen molar-refractivity contribution in [1.29, 1.82) is 0 Å². The van der Waals surface area contributed by atoms with E-state index in [9.17, 15) is 14.3 Å². The van der Waals surface area contributed by atoms with Crippen LogP contribution >= 0.6 is 0 Å². The molecule has 0 aliphatic carbocycles. The largest absolute Gasteiger partial charge is 0.478 e. The Bertz CT molecular complexity index is 1030. The molecular formula is C23H26FN3O2. The van der Waals surface area contributed by atoms with Gasteiger partial charge in [0.15, 0.2) is 0 Å². The molecule has 4 rings (SSSR count). The minimum Gasteiger partial charge on any atom is -0.478 e. The van der Waals surface area contributed by atoms with Crippen LogP contribution in [0.3, 0.4) is 0 Å². The lowest BCUT2D eigenvalue weighted by atomic mass is 9.95. The summed E-state index contributed by atoms with van der Waals surface area (Å²) in [5, 5.41) is 9.26.